The number of nitrogens with zero attached hydrogens (tertiary/aromatic N) is 1. The van der Waals surface area contributed by atoms with Crippen molar-refractivity contribution in [1.82, 2.24) is 4.90 Å². The minimum atomic E-state index is 0.0581. The van der Waals surface area contributed by atoms with E-state index in [1.165, 1.54) is 12.0 Å². The van der Waals surface area contributed by atoms with E-state index in [1.807, 2.05) is 0 Å². The highest BCUT2D eigenvalue weighted by Gasteiger charge is 2.30. The Morgan fingerprint density at radius 2 is 2.13 bits per heavy atom. The van der Waals surface area contributed by atoms with Crippen LogP contribution in [0.3, 0.4) is 0 Å². The molecule has 2 aliphatic heterocycles. The van der Waals surface area contributed by atoms with E-state index < -0.39 is 0 Å². The van der Waals surface area contributed by atoms with Crippen LogP contribution in [-0.4, -0.2) is 49.0 Å². The lowest BCUT2D eigenvalue weighted by Gasteiger charge is -2.39. The third-order valence-corrected chi connectivity index (χ3v) is 5.03. The highest BCUT2D eigenvalue weighted by Crippen LogP contribution is 2.29. The Balaban J connectivity index is 1.49. The molecule has 2 unspecified atom stereocenters. The topological polar surface area (TPSA) is 41.9 Å². The number of likely N-dealkylation sites (tertiary alicyclic amines) is 1. The predicted octanol–water partition coefficient (Wildman–Crippen LogP) is 2.84. The van der Waals surface area contributed by atoms with Gasteiger partial charge in [-0.3, -0.25) is 4.90 Å². The maximum absolute atomic E-state index is 9.57. The van der Waals surface area contributed by atoms with Gasteiger partial charge < -0.3 is 14.6 Å². The maximum Gasteiger partial charge on any atom is 0.119 e. The average Bonchev–Trinajstić information content (AvgIpc) is 3.08. The molecule has 0 bridgehead atoms. The Labute approximate surface area is 139 Å². The van der Waals surface area contributed by atoms with Gasteiger partial charge in [0.15, 0.2) is 0 Å². The average molecular weight is 319 g/mol. The second kappa shape index (κ2) is 7.65. The van der Waals surface area contributed by atoms with Gasteiger partial charge in [0.25, 0.3) is 0 Å². The zero-order valence-electron chi connectivity index (χ0n) is 14.2. The number of ether oxygens (including phenoxy) is 2. The summed E-state index contributed by atoms with van der Waals surface area (Å²) in [5.41, 5.74) is 1.36. The first kappa shape index (κ1) is 16.7. The maximum atomic E-state index is 9.57. The number of aliphatic hydroxyl groups excluding tert-OH is 1. The van der Waals surface area contributed by atoms with Gasteiger partial charge >= 0.3 is 0 Å². The second-order valence-electron chi connectivity index (χ2n) is 7.37. The number of benzene rings is 1. The second-order valence-corrected chi connectivity index (χ2v) is 7.37. The van der Waals surface area contributed by atoms with Gasteiger partial charge in [0, 0.05) is 31.7 Å². The van der Waals surface area contributed by atoms with E-state index in [2.05, 4.69) is 36.1 Å². The normalized spacial score (nSPS) is 28.9. The molecule has 0 aromatic heterocycles. The molecule has 0 amide bonds. The molecule has 4 heteroatoms. The summed E-state index contributed by atoms with van der Waals surface area (Å²) in [4.78, 5) is 2.45. The lowest BCUT2D eigenvalue weighted by atomic mass is 9.82. The predicted molar refractivity (Wildman–Crippen MR) is 90.6 cm³/mol. The van der Waals surface area contributed by atoms with E-state index in [0.29, 0.717) is 6.61 Å². The van der Waals surface area contributed by atoms with Crippen LogP contribution in [0.15, 0.2) is 24.3 Å². The van der Waals surface area contributed by atoms with Gasteiger partial charge in [0.2, 0.25) is 0 Å². The molecule has 2 heterocycles. The third kappa shape index (κ3) is 4.69. The molecule has 2 atom stereocenters. The van der Waals surface area contributed by atoms with Gasteiger partial charge in [0.1, 0.15) is 12.4 Å². The van der Waals surface area contributed by atoms with Crippen LogP contribution >= 0.6 is 0 Å². The third-order valence-electron chi connectivity index (χ3n) is 5.03. The molecule has 0 spiro atoms. The van der Waals surface area contributed by atoms with Crippen LogP contribution in [0.5, 0.6) is 5.75 Å². The van der Waals surface area contributed by atoms with Crippen molar-refractivity contribution < 1.29 is 14.6 Å². The van der Waals surface area contributed by atoms with Crippen molar-refractivity contribution in [2.75, 3.05) is 32.9 Å². The molecule has 3 rings (SSSR count). The zero-order valence-corrected chi connectivity index (χ0v) is 14.2. The summed E-state index contributed by atoms with van der Waals surface area (Å²) < 4.78 is 11.4. The number of hydrogen-bond acceptors (Lipinski definition) is 4. The van der Waals surface area contributed by atoms with Crippen molar-refractivity contribution in [3.63, 3.8) is 0 Å². The Morgan fingerprint density at radius 3 is 2.83 bits per heavy atom. The minimum Gasteiger partial charge on any atom is -0.491 e. The monoisotopic (exact) mass is 319 g/mol. The molecule has 0 radical (unpaired) electrons. The first-order valence-electron chi connectivity index (χ1n) is 8.83. The van der Waals surface area contributed by atoms with Crippen LogP contribution in [-0.2, 0) is 11.3 Å². The molecule has 1 aromatic carbocycles. The van der Waals surface area contributed by atoms with Crippen LogP contribution in [0.2, 0.25) is 0 Å². The number of rotatable bonds is 6. The van der Waals surface area contributed by atoms with Crippen molar-refractivity contribution in [2.24, 2.45) is 5.41 Å². The van der Waals surface area contributed by atoms with Gasteiger partial charge in [-0.05, 0) is 49.9 Å². The summed E-state index contributed by atoms with van der Waals surface area (Å²) in [7, 11) is 0. The molecule has 2 aliphatic rings. The Bertz CT molecular complexity index is 484. The van der Waals surface area contributed by atoms with Crippen molar-refractivity contribution in [3.05, 3.63) is 29.8 Å². The van der Waals surface area contributed by atoms with E-state index in [1.54, 1.807) is 0 Å². The molecule has 23 heavy (non-hydrogen) atoms. The van der Waals surface area contributed by atoms with E-state index in [0.717, 1.165) is 51.3 Å². The van der Waals surface area contributed by atoms with Crippen LogP contribution in [0.25, 0.3) is 0 Å². The number of hydrogen-bond donors (Lipinski definition) is 1. The van der Waals surface area contributed by atoms with Crippen LogP contribution in [0, 0.1) is 5.41 Å². The van der Waals surface area contributed by atoms with Gasteiger partial charge in [-0.25, -0.2) is 0 Å². The van der Waals surface area contributed by atoms with Crippen molar-refractivity contribution >= 4 is 0 Å². The molecule has 0 saturated carbocycles. The fourth-order valence-corrected chi connectivity index (χ4v) is 3.61. The van der Waals surface area contributed by atoms with Crippen LogP contribution in [0.4, 0.5) is 0 Å². The number of aliphatic hydroxyl groups is 1. The van der Waals surface area contributed by atoms with Crippen molar-refractivity contribution in [1.29, 1.82) is 0 Å². The molecule has 2 fully saturated rings. The first-order valence-corrected chi connectivity index (χ1v) is 8.83. The first-order chi connectivity index (χ1) is 11.2. The molecule has 128 valence electrons. The summed E-state index contributed by atoms with van der Waals surface area (Å²) in [6.45, 7) is 7.02. The van der Waals surface area contributed by atoms with Crippen LogP contribution < -0.4 is 4.74 Å². The molecule has 2 saturated heterocycles. The SMILES string of the molecule is CC1(CO)CCCN(Cc2ccc(OCC3CCCO3)cc2)C1. The fourth-order valence-electron chi connectivity index (χ4n) is 3.61. The molecule has 0 aliphatic carbocycles. The number of piperidine rings is 1. The van der Waals surface area contributed by atoms with Gasteiger partial charge in [0.05, 0.1) is 6.10 Å². The molecule has 4 nitrogen and oxygen atoms in total. The molecule has 1 aromatic rings. The van der Waals surface area contributed by atoms with E-state index in [9.17, 15) is 5.11 Å². The Hall–Kier alpha value is -1.10. The van der Waals surface area contributed by atoms with Gasteiger partial charge in [-0.15, -0.1) is 0 Å². The smallest absolute Gasteiger partial charge is 0.119 e. The lowest BCUT2D eigenvalue weighted by Crippen LogP contribution is -2.43. The van der Waals surface area contributed by atoms with Crippen LogP contribution in [0.1, 0.15) is 38.2 Å². The van der Waals surface area contributed by atoms with Crippen molar-refractivity contribution in [2.45, 2.75) is 45.3 Å². The molecular weight excluding hydrogens is 290 g/mol. The van der Waals surface area contributed by atoms with Crippen molar-refractivity contribution in [3.8, 4) is 5.75 Å². The molecule has 1 N–H and O–H groups in total. The fraction of sp³-hybridized carbons (Fsp3) is 0.684. The van der Waals surface area contributed by atoms with E-state index in [-0.39, 0.29) is 18.1 Å². The Kier molecular flexibility index (Phi) is 5.57. The van der Waals surface area contributed by atoms with E-state index in [4.69, 9.17) is 9.47 Å². The standard InChI is InChI=1S/C19H29NO3/c1-19(15-21)9-3-10-20(14-19)12-16-5-7-17(8-6-16)23-13-18-4-2-11-22-18/h5-8,18,21H,2-4,9-15H2,1H3. The summed E-state index contributed by atoms with van der Waals surface area (Å²) >= 11 is 0. The molecular formula is C19H29NO3. The van der Waals surface area contributed by atoms with Gasteiger partial charge in [-0.2, -0.15) is 0 Å². The summed E-state index contributed by atoms with van der Waals surface area (Å²) in [5, 5.41) is 9.57. The minimum absolute atomic E-state index is 0.0581. The largest absolute Gasteiger partial charge is 0.491 e. The summed E-state index contributed by atoms with van der Waals surface area (Å²) in [6.07, 6.45) is 4.81. The highest BCUT2D eigenvalue weighted by atomic mass is 16.5. The van der Waals surface area contributed by atoms with E-state index >= 15 is 0 Å². The quantitative estimate of drug-likeness (QED) is 0.875. The highest BCUT2D eigenvalue weighted by molar-refractivity contribution is 5.27. The van der Waals surface area contributed by atoms with Gasteiger partial charge in [-0.1, -0.05) is 19.1 Å². The zero-order chi connectivity index (χ0) is 16.1. The Morgan fingerprint density at radius 1 is 1.30 bits per heavy atom. The summed E-state index contributed by atoms with van der Waals surface area (Å²) in [5.74, 6) is 0.920. The summed E-state index contributed by atoms with van der Waals surface area (Å²) in [6, 6.07) is 8.41. The lowest BCUT2D eigenvalue weighted by molar-refractivity contribution is 0.0429.